The van der Waals surface area contributed by atoms with Crippen LogP contribution in [0.5, 0.6) is 121 Å². The molecule has 0 radical (unpaired) electrons. The summed E-state index contributed by atoms with van der Waals surface area (Å²) in [6.45, 7) is 9.31. The zero-order chi connectivity index (χ0) is 108. The molecule has 780 valence electrons. The first-order valence-corrected chi connectivity index (χ1v) is 42.8. The van der Waals surface area contributed by atoms with Gasteiger partial charge in [-0.05, 0) is 206 Å². The fourth-order valence-electron chi connectivity index (χ4n) is 14.3. The van der Waals surface area contributed by atoms with Gasteiger partial charge in [0.05, 0.1) is 152 Å². The van der Waals surface area contributed by atoms with Gasteiger partial charge in [-0.15, -0.1) is 0 Å². The maximum Gasteiger partial charge on any atom is 0.335 e. The van der Waals surface area contributed by atoms with Crippen molar-refractivity contribution in [1.82, 2.24) is 0 Å². The molecule has 0 bridgehead atoms. The Bertz CT molecular complexity index is 6840. The third-order valence-corrected chi connectivity index (χ3v) is 21.8. The van der Waals surface area contributed by atoms with Crippen molar-refractivity contribution in [2.45, 2.75) is 81.6 Å². The van der Waals surface area contributed by atoms with Gasteiger partial charge >= 0.3 is 5.97 Å². The summed E-state index contributed by atoms with van der Waals surface area (Å²) < 4.78 is 67.8. The molecule has 0 saturated carbocycles. The normalized spacial score (nSPS) is 10.1. The summed E-state index contributed by atoms with van der Waals surface area (Å²) in [7, 11) is 20.1. The predicted octanol–water partition coefficient (Wildman–Crippen LogP) is 20.7. The fraction of sp³-hybridized carbons (Fsp3) is 0.238. The molecule has 0 heterocycles. The molecule has 0 aliphatic carbocycles. The van der Waals surface area contributed by atoms with Gasteiger partial charge in [0, 0.05) is 82.3 Å². The minimum Gasteiger partial charge on any atom is -0.504 e. The van der Waals surface area contributed by atoms with Crippen LogP contribution < -0.4 is 61.6 Å². The number of benzene rings is 13. The first-order chi connectivity index (χ1) is 68.8. The number of nitro groups is 6. The molecule has 0 aliphatic rings. The van der Waals surface area contributed by atoms with Crippen molar-refractivity contribution >= 4 is 45.9 Å². The molecule has 147 heavy (non-hydrogen) atoms. The quantitative estimate of drug-likeness (QED) is 0.00818. The number of methoxy groups -OCH3 is 13. The van der Waals surface area contributed by atoms with Gasteiger partial charge in [0.1, 0.15) is 28.7 Å². The number of aryl methyl sites for hydroxylation is 5. The van der Waals surface area contributed by atoms with E-state index in [0.717, 1.165) is 87.9 Å². The number of carbonyl (C=O) groups excluding carboxylic acids is 1. The highest BCUT2D eigenvalue weighted by Gasteiger charge is 2.29. The number of ketones is 1. The summed E-state index contributed by atoms with van der Waals surface area (Å²) >= 11 is 0. The Balaban J connectivity index is 0.000000303. The second-order valence-electron chi connectivity index (χ2n) is 31.2. The molecular formula is C105H114N6O36. The molecule has 0 unspecified atom stereocenters. The van der Waals surface area contributed by atoms with Gasteiger partial charge < -0.3 is 108 Å². The Labute approximate surface area is 844 Å². The molecular weight excluding hydrogens is 1920 g/mol. The molecule has 42 heteroatoms. The van der Waals surface area contributed by atoms with Gasteiger partial charge in [-0.2, -0.15) is 0 Å². The van der Waals surface area contributed by atoms with Gasteiger partial charge in [0.25, 0.3) is 34.1 Å². The highest BCUT2D eigenvalue weighted by atomic mass is 16.7. The maximum absolute atomic E-state index is 12.5. The molecule has 13 aromatic carbocycles. The lowest BCUT2D eigenvalue weighted by Crippen LogP contribution is -2.03. The molecule has 0 aromatic heterocycles. The highest BCUT2D eigenvalue weighted by molar-refractivity contribution is 6.09. The second kappa shape index (κ2) is 55.4. The van der Waals surface area contributed by atoms with E-state index in [4.69, 9.17) is 66.7 Å². The summed E-state index contributed by atoms with van der Waals surface area (Å²) in [5.41, 5.74) is 8.93. The van der Waals surface area contributed by atoms with E-state index in [1.807, 2.05) is 57.2 Å². The molecule has 13 aromatic rings. The van der Waals surface area contributed by atoms with Crippen molar-refractivity contribution in [3.05, 3.63) is 361 Å². The first-order valence-electron chi connectivity index (χ1n) is 42.8. The maximum atomic E-state index is 12.5. The molecule has 0 saturated heterocycles. The van der Waals surface area contributed by atoms with E-state index < -0.39 is 76.5 Å². The third-order valence-electron chi connectivity index (χ3n) is 21.8. The van der Waals surface area contributed by atoms with Gasteiger partial charge in [0.2, 0.25) is 0 Å². The number of carboxylic acid groups (broad SMARTS) is 1. The summed E-state index contributed by atoms with van der Waals surface area (Å²) in [4.78, 5) is 86.4. The summed E-state index contributed by atoms with van der Waals surface area (Å²) in [6, 6.07) is 51.1. The second-order valence-corrected chi connectivity index (χ2v) is 31.2. The van der Waals surface area contributed by atoms with Crippen LogP contribution in [0, 0.1) is 95.3 Å². The van der Waals surface area contributed by atoms with Crippen LogP contribution >= 0.6 is 0 Å². The monoisotopic (exact) mass is 2030 g/mol. The largest absolute Gasteiger partial charge is 0.504 e. The van der Waals surface area contributed by atoms with Crippen LogP contribution in [0.2, 0.25) is 0 Å². The molecule has 0 aliphatic heterocycles. The third kappa shape index (κ3) is 31.9. The Morgan fingerprint density at radius 3 is 0.789 bits per heavy atom. The van der Waals surface area contributed by atoms with E-state index in [-0.39, 0.29) is 113 Å². The number of hydrogen-bond donors (Lipinski definition) is 9. The number of carboxylic acids is 1. The minimum atomic E-state index is -0.937. The Hall–Kier alpha value is -18.8. The van der Waals surface area contributed by atoms with Crippen LogP contribution in [0.1, 0.15) is 125 Å². The zero-order valence-corrected chi connectivity index (χ0v) is 81.8. The predicted molar refractivity (Wildman–Crippen MR) is 544 cm³/mol. The SMILES string of the molecule is C.C.COc1cc(C(=O)O)ccc1C.COc1cc(C(=O)c2ccc(OC)c(OC)c2)ccc1C.COc1cc(Cc2cc(OC)c(OC)cc2[N+](=O)[O-])c([N+](=O)[O-])cc1C.COc1cc(Cc2ccc(OC)c(OC)c2)c([N+](=O)[O-])cc1C.COc1cc(Cc2ccc(OC)c(OC)c2)ccc1C.O=[N+]([O-])c1cc(O)c(O)cc1Cc1cc(O)c(O)cc1[N+](=O)[O-].O=[N+]([O-])c1cc(O)c(O)cc1Cc1ccc(O)c(O)c1. The van der Waals surface area contributed by atoms with E-state index in [1.54, 1.807) is 132 Å². The van der Waals surface area contributed by atoms with E-state index in [2.05, 4.69) is 18.2 Å². The Morgan fingerprint density at radius 2 is 0.435 bits per heavy atom. The Kier molecular flexibility index (Phi) is 44.7. The molecule has 0 atom stereocenters. The molecule has 0 fully saturated rings. The smallest absolute Gasteiger partial charge is 0.335 e. The fourth-order valence-corrected chi connectivity index (χ4v) is 14.3. The van der Waals surface area contributed by atoms with Crippen LogP contribution in [0.4, 0.5) is 34.1 Å². The van der Waals surface area contributed by atoms with Crippen LogP contribution in [-0.2, 0) is 32.1 Å². The topological polar surface area (TPSA) is 595 Å². The number of phenolic OH excluding ortho intramolecular Hbond substituents is 8. The number of ether oxygens (including phenoxy) is 13. The van der Waals surface area contributed by atoms with Crippen molar-refractivity contribution in [3.8, 4) is 121 Å². The minimum absolute atomic E-state index is 0. The van der Waals surface area contributed by atoms with E-state index in [9.17, 15) is 111 Å². The summed E-state index contributed by atoms with van der Waals surface area (Å²) in [5, 5.41) is 151. The highest BCUT2D eigenvalue weighted by Crippen LogP contribution is 2.44. The molecule has 0 amide bonds. The Morgan fingerprint density at radius 1 is 0.218 bits per heavy atom. The first kappa shape index (κ1) is 119. The molecule has 0 spiro atoms. The van der Waals surface area contributed by atoms with Gasteiger partial charge in [-0.1, -0.05) is 63.4 Å². The number of rotatable bonds is 32. The standard InChI is InChI=1S/C17H18N2O7.C17H19NO5.C17H18O4.C17H20O3.C13H10N2O8.C13H11NO6.C9H10O3.2CH4/c1-10-5-13(18(20)21)11(7-15(10)24-2)6-12-8-16(25-3)17(26-4)9-14(12)19(22)23;1-11-7-14(18(19)20)13(10-16(11)22-3)8-12-5-6-15(21-2)17(9-12)23-4;1-11-5-6-12(9-15(11)20-3)17(18)13-7-8-14(19-2)16(10-13)21-4;1-12-5-6-13(10-16(12)19-3)9-14-7-8-15(18-2)17(11-14)20-4;16-10-2-6(8(14(20)21)4-12(10)18)1-7-3-11(17)13(19)5-9(7)15(22)23;15-10-2-1-7(4-11(10)16)3-8-5-12(17)13(18)6-9(8)14(19)20;1-6-3-4-7(9(10)11)5-8(6)12-2;;/h5,7-9H,6H2,1-4H3;5-7,9-10H,8H2,1-4H3;5-10H,1-4H3;5-8,10-11H,9H2,1-4H3;2-5,16-19H,1H2;1-2,4-6,15-18H,3H2;3-5H,1-2H3,(H,10,11);2*1H4. The number of aromatic carboxylic acids is 1. The molecule has 42 nitrogen and oxygen atoms in total. The molecule has 9 N–H and O–H groups in total. The lowest BCUT2D eigenvalue weighted by atomic mass is 9.99. The molecule has 13 rings (SSSR count). The van der Waals surface area contributed by atoms with E-state index in [1.165, 1.54) is 94.2 Å². The van der Waals surface area contributed by atoms with E-state index >= 15 is 0 Å². The van der Waals surface area contributed by atoms with Crippen LogP contribution in [0.25, 0.3) is 0 Å². The van der Waals surface area contributed by atoms with Gasteiger partial charge in [0.15, 0.2) is 97.8 Å². The average molecular weight is 2040 g/mol. The van der Waals surface area contributed by atoms with Crippen LogP contribution in [0.15, 0.2) is 200 Å². The van der Waals surface area contributed by atoms with Crippen molar-refractivity contribution in [2.75, 3.05) is 92.4 Å². The zero-order valence-electron chi connectivity index (χ0n) is 81.8. The number of aromatic hydroxyl groups is 8. The van der Waals surface area contributed by atoms with E-state index in [0.29, 0.717) is 91.5 Å². The lowest BCUT2D eigenvalue weighted by molar-refractivity contribution is -0.386. The number of nitro benzene ring substituents is 6. The van der Waals surface area contributed by atoms with Crippen LogP contribution in [0.3, 0.4) is 0 Å². The lowest BCUT2D eigenvalue weighted by Gasteiger charge is -2.12. The number of phenols is 8. The average Bonchev–Trinajstić information content (AvgIpc) is 0.785. The van der Waals surface area contributed by atoms with Crippen molar-refractivity contribution < 1.29 is 147 Å². The van der Waals surface area contributed by atoms with Crippen molar-refractivity contribution in [3.63, 3.8) is 0 Å². The summed E-state index contributed by atoms with van der Waals surface area (Å²) in [5.74, 6) is 2.29. The number of nitrogens with zero attached hydrogens (tertiary/aromatic N) is 6. The van der Waals surface area contributed by atoms with Gasteiger partial charge in [-0.25, -0.2) is 4.79 Å². The van der Waals surface area contributed by atoms with Crippen molar-refractivity contribution in [1.29, 1.82) is 0 Å². The number of carbonyl (C=O) groups is 2. The van der Waals surface area contributed by atoms with Crippen molar-refractivity contribution in [2.24, 2.45) is 0 Å². The number of hydrogen-bond acceptors (Lipinski definition) is 35. The van der Waals surface area contributed by atoms with Crippen LogP contribution in [-0.4, -0.2) is 180 Å². The van der Waals surface area contributed by atoms with Gasteiger partial charge in [-0.3, -0.25) is 65.5 Å². The summed E-state index contributed by atoms with van der Waals surface area (Å²) in [6.07, 6.45) is 0.861.